The van der Waals surface area contributed by atoms with Crippen molar-refractivity contribution in [3.8, 4) is 5.75 Å². The van der Waals surface area contributed by atoms with Gasteiger partial charge in [0.25, 0.3) is 0 Å². The van der Waals surface area contributed by atoms with Crippen LogP contribution in [0, 0.1) is 0 Å². The van der Waals surface area contributed by atoms with Crippen molar-refractivity contribution in [2.24, 2.45) is 0 Å². The van der Waals surface area contributed by atoms with E-state index in [1.165, 1.54) is 0 Å². The first kappa shape index (κ1) is 20.0. The monoisotopic (exact) mass is 397 g/mol. The van der Waals surface area contributed by atoms with Gasteiger partial charge in [0.05, 0.1) is 22.9 Å². The third kappa shape index (κ3) is 6.81. The predicted molar refractivity (Wildman–Crippen MR) is 107 cm³/mol. The molecular weight excluding hydrogens is 377 g/mol. The van der Waals surface area contributed by atoms with Gasteiger partial charge >= 0.3 is 0 Å². The topological polar surface area (TPSA) is 38.3 Å². The summed E-state index contributed by atoms with van der Waals surface area (Å²) in [6, 6.07) is 13.5. The molecular formula is C19H21Cl2NO2S. The summed E-state index contributed by atoms with van der Waals surface area (Å²) in [5, 5.41) is 4.04. The Morgan fingerprint density at radius 2 is 1.96 bits per heavy atom. The van der Waals surface area contributed by atoms with E-state index in [4.69, 9.17) is 27.9 Å². The summed E-state index contributed by atoms with van der Waals surface area (Å²) in [6.45, 7) is 0.657. The van der Waals surface area contributed by atoms with Crippen molar-refractivity contribution >= 4 is 40.9 Å². The average Bonchev–Trinajstić information content (AvgIpc) is 2.62. The molecule has 0 fully saturated rings. The van der Waals surface area contributed by atoms with Gasteiger partial charge in [0.15, 0.2) is 0 Å². The first-order valence-corrected chi connectivity index (χ1v) is 9.91. The van der Waals surface area contributed by atoms with E-state index in [-0.39, 0.29) is 5.91 Å². The Balaban J connectivity index is 1.63. The predicted octanol–water partition coefficient (Wildman–Crippen LogP) is 4.98. The molecule has 0 saturated carbocycles. The van der Waals surface area contributed by atoms with Gasteiger partial charge in [-0.15, -0.1) is 11.8 Å². The van der Waals surface area contributed by atoms with Crippen LogP contribution in [0.1, 0.15) is 17.5 Å². The van der Waals surface area contributed by atoms with E-state index in [1.807, 2.05) is 36.4 Å². The van der Waals surface area contributed by atoms with E-state index < -0.39 is 0 Å². The number of methoxy groups -OCH3 is 1. The molecule has 3 nitrogen and oxygen atoms in total. The third-order valence-corrected chi connectivity index (χ3v) is 5.37. The summed E-state index contributed by atoms with van der Waals surface area (Å²) in [4.78, 5) is 11.9. The van der Waals surface area contributed by atoms with Crippen LogP contribution in [-0.4, -0.2) is 25.3 Å². The molecule has 0 aromatic heterocycles. The van der Waals surface area contributed by atoms with Gasteiger partial charge in [0.2, 0.25) is 5.91 Å². The van der Waals surface area contributed by atoms with Gasteiger partial charge in [-0.1, -0.05) is 47.5 Å². The first-order valence-electron chi connectivity index (χ1n) is 8.00. The van der Waals surface area contributed by atoms with Gasteiger partial charge in [0, 0.05) is 12.3 Å². The molecule has 2 aromatic rings. The summed E-state index contributed by atoms with van der Waals surface area (Å²) in [6.07, 6.45) is 1.75. The summed E-state index contributed by atoms with van der Waals surface area (Å²) in [7, 11) is 1.67. The van der Waals surface area contributed by atoms with Crippen LogP contribution in [0.4, 0.5) is 0 Å². The standard InChI is InChI=1S/C19H21Cl2NO2S/c1-24-18-7-3-2-5-15(18)6-4-10-22-19(23)13-25-12-14-8-9-16(20)17(21)11-14/h2-3,5,7-9,11H,4,6,10,12-13H2,1H3,(H,22,23). The van der Waals surface area contributed by atoms with Gasteiger partial charge in [-0.05, 0) is 42.2 Å². The number of thioether (sulfide) groups is 1. The number of halogens is 2. The molecule has 0 bridgehead atoms. The number of hydrogen-bond donors (Lipinski definition) is 1. The smallest absolute Gasteiger partial charge is 0.230 e. The van der Waals surface area contributed by atoms with E-state index in [0.29, 0.717) is 22.3 Å². The molecule has 0 aliphatic rings. The second-order valence-corrected chi connectivity index (χ2v) is 7.31. The second kappa shape index (κ2) is 10.6. The number of carbonyl (C=O) groups is 1. The van der Waals surface area contributed by atoms with Crippen LogP contribution in [-0.2, 0) is 17.0 Å². The lowest BCUT2D eigenvalue weighted by atomic mass is 10.1. The molecule has 0 heterocycles. The lowest BCUT2D eigenvalue weighted by molar-refractivity contribution is -0.118. The molecule has 0 aliphatic heterocycles. The number of rotatable bonds is 9. The highest BCUT2D eigenvalue weighted by atomic mass is 35.5. The molecule has 2 rings (SSSR count). The second-order valence-electron chi connectivity index (χ2n) is 5.51. The number of para-hydroxylation sites is 1. The van der Waals surface area contributed by atoms with Gasteiger partial charge in [-0.25, -0.2) is 0 Å². The zero-order valence-corrected chi connectivity index (χ0v) is 16.4. The molecule has 6 heteroatoms. The van der Waals surface area contributed by atoms with E-state index in [2.05, 4.69) is 5.32 Å². The fraction of sp³-hybridized carbons (Fsp3) is 0.316. The minimum atomic E-state index is 0.0464. The molecule has 1 N–H and O–H groups in total. The molecule has 0 spiro atoms. The number of ether oxygens (including phenoxy) is 1. The SMILES string of the molecule is COc1ccccc1CCCNC(=O)CSCc1ccc(Cl)c(Cl)c1. The zero-order valence-electron chi connectivity index (χ0n) is 14.1. The quantitative estimate of drug-likeness (QED) is 0.605. The number of hydrogen-bond acceptors (Lipinski definition) is 3. The van der Waals surface area contributed by atoms with Crippen LogP contribution in [0.25, 0.3) is 0 Å². The molecule has 134 valence electrons. The molecule has 2 aromatic carbocycles. The van der Waals surface area contributed by atoms with E-state index in [1.54, 1.807) is 24.9 Å². The fourth-order valence-corrected chi connectivity index (χ4v) is 3.48. The highest BCUT2D eigenvalue weighted by Gasteiger charge is 2.05. The Labute approximate surface area is 163 Å². The molecule has 0 unspecified atom stereocenters. The van der Waals surface area contributed by atoms with Crippen molar-refractivity contribution in [1.29, 1.82) is 0 Å². The zero-order chi connectivity index (χ0) is 18.1. The molecule has 0 aliphatic carbocycles. The summed E-state index contributed by atoms with van der Waals surface area (Å²) in [5.74, 6) is 2.09. The van der Waals surface area contributed by atoms with Crippen molar-refractivity contribution in [1.82, 2.24) is 5.32 Å². The molecule has 1 amide bonds. The Bertz CT molecular complexity index is 710. The molecule has 25 heavy (non-hydrogen) atoms. The third-order valence-electron chi connectivity index (χ3n) is 3.62. The summed E-state index contributed by atoms with van der Waals surface area (Å²) >= 11 is 13.4. The first-order chi connectivity index (χ1) is 12.1. The van der Waals surface area contributed by atoms with E-state index in [0.717, 1.165) is 35.5 Å². The van der Waals surface area contributed by atoms with Crippen molar-refractivity contribution < 1.29 is 9.53 Å². The van der Waals surface area contributed by atoms with Crippen molar-refractivity contribution in [2.75, 3.05) is 19.4 Å². The van der Waals surface area contributed by atoms with Gasteiger partial charge in [0.1, 0.15) is 5.75 Å². The summed E-state index contributed by atoms with van der Waals surface area (Å²) < 4.78 is 5.33. The molecule has 0 atom stereocenters. The highest BCUT2D eigenvalue weighted by Crippen LogP contribution is 2.24. The Hall–Kier alpha value is -1.36. The fourth-order valence-electron chi connectivity index (χ4n) is 2.36. The Morgan fingerprint density at radius 3 is 2.72 bits per heavy atom. The maximum Gasteiger partial charge on any atom is 0.230 e. The van der Waals surface area contributed by atoms with Crippen molar-refractivity contribution in [3.05, 3.63) is 63.6 Å². The number of benzene rings is 2. The van der Waals surface area contributed by atoms with E-state index >= 15 is 0 Å². The van der Waals surface area contributed by atoms with Crippen LogP contribution in [0.15, 0.2) is 42.5 Å². The maximum atomic E-state index is 11.9. The van der Waals surface area contributed by atoms with Crippen LogP contribution in [0.2, 0.25) is 10.0 Å². The lowest BCUT2D eigenvalue weighted by Gasteiger charge is -2.09. The van der Waals surface area contributed by atoms with Gasteiger partial charge in [-0.2, -0.15) is 0 Å². The van der Waals surface area contributed by atoms with Crippen molar-refractivity contribution in [2.45, 2.75) is 18.6 Å². The molecule has 0 radical (unpaired) electrons. The van der Waals surface area contributed by atoms with Gasteiger partial charge < -0.3 is 10.1 Å². The minimum absolute atomic E-state index is 0.0464. The number of aryl methyl sites for hydroxylation is 1. The highest BCUT2D eigenvalue weighted by molar-refractivity contribution is 7.99. The number of carbonyl (C=O) groups excluding carboxylic acids is 1. The van der Waals surface area contributed by atoms with Crippen LogP contribution in [0.3, 0.4) is 0 Å². The molecule has 0 saturated heterocycles. The lowest BCUT2D eigenvalue weighted by Crippen LogP contribution is -2.26. The van der Waals surface area contributed by atoms with Crippen LogP contribution < -0.4 is 10.1 Å². The normalized spacial score (nSPS) is 10.5. The van der Waals surface area contributed by atoms with Crippen molar-refractivity contribution in [3.63, 3.8) is 0 Å². The van der Waals surface area contributed by atoms with Crippen LogP contribution in [0.5, 0.6) is 5.75 Å². The number of nitrogens with one attached hydrogen (secondary N) is 1. The maximum absolute atomic E-state index is 11.9. The Kier molecular flexibility index (Phi) is 8.45. The summed E-state index contributed by atoms with van der Waals surface area (Å²) in [5.41, 5.74) is 2.22. The van der Waals surface area contributed by atoms with E-state index in [9.17, 15) is 4.79 Å². The Morgan fingerprint density at radius 1 is 1.16 bits per heavy atom. The largest absolute Gasteiger partial charge is 0.496 e. The number of amides is 1. The average molecular weight is 398 g/mol. The van der Waals surface area contributed by atoms with Gasteiger partial charge in [-0.3, -0.25) is 4.79 Å². The minimum Gasteiger partial charge on any atom is -0.496 e. The van der Waals surface area contributed by atoms with Crippen LogP contribution >= 0.6 is 35.0 Å².